The van der Waals surface area contributed by atoms with E-state index in [-0.39, 0.29) is 12.3 Å². The minimum atomic E-state index is -0.843. The number of halogens is 1. The summed E-state index contributed by atoms with van der Waals surface area (Å²) in [5, 5.41) is 16.5. The first-order chi connectivity index (χ1) is 6.16. The third-order valence-electron chi connectivity index (χ3n) is 1.06. The quantitative estimate of drug-likeness (QED) is 0.722. The Hall–Kier alpha value is -1.22. The topological polar surface area (TPSA) is 57.5 Å². The number of rotatable bonds is 2. The van der Waals surface area contributed by atoms with Crippen molar-refractivity contribution in [2.24, 2.45) is 0 Å². The highest BCUT2D eigenvalue weighted by Crippen LogP contribution is 2.02. The van der Waals surface area contributed by atoms with E-state index in [4.69, 9.17) is 21.8 Å². The molecule has 0 heterocycles. The average Bonchev–Trinajstić information content (AvgIpc) is 2.06. The Balaban J connectivity index is 0.000000226. The Morgan fingerprint density at radius 1 is 1.31 bits per heavy atom. The number of carboxylic acids is 1. The molecule has 13 heavy (non-hydrogen) atoms. The molecule has 0 radical (unpaired) electrons. The van der Waals surface area contributed by atoms with Crippen molar-refractivity contribution in [2.45, 2.75) is 6.42 Å². The van der Waals surface area contributed by atoms with E-state index in [2.05, 4.69) is 0 Å². The number of benzene rings is 1. The smallest absolute Gasteiger partial charge is 0.304 e. The molecule has 1 aromatic carbocycles. The normalized spacial score (nSPS) is 8.38. The van der Waals surface area contributed by atoms with Crippen LogP contribution in [0.2, 0.25) is 0 Å². The third-order valence-corrected chi connectivity index (χ3v) is 1.25. The van der Waals surface area contributed by atoms with Gasteiger partial charge in [0.05, 0.1) is 6.42 Å². The summed E-state index contributed by atoms with van der Waals surface area (Å²) >= 11 is 5.02. The molecule has 0 spiro atoms. The number of para-hydroxylation sites is 1. The molecular weight excluding hydrogens is 192 g/mol. The summed E-state index contributed by atoms with van der Waals surface area (Å²) < 4.78 is 0. The van der Waals surface area contributed by atoms with Gasteiger partial charge in [0.25, 0.3) is 0 Å². The zero-order valence-electron chi connectivity index (χ0n) is 6.98. The molecule has 0 aliphatic rings. The molecule has 2 N–H and O–H groups in total. The fourth-order valence-electron chi connectivity index (χ4n) is 0.509. The monoisotopic (exact) mass is 202 g/mol. The van der Waals surface area contributed by atoms with Crippen LogP contribution in [0.5, 0.6) is 5.75 Å². The van der Waals surface area contributed by atoms with Crippen LogP contribution in [0.25, 0.3) is 0 Å². The molecule has 0 aliphatic carbocycles. The van der Waals surface area contributed by atoms with E-state index in [0.717, 1.165) is 0 Å². The molecule has 0 unspecified atom stereocenters. The lowest BCUT2D eigenvalue weighted by atomic mass is 10.3. The van der Waals surface area contributed by atoms with E-state index in [1.165, 1.54) is 0 Å². The predicted molar refractivity (Wildman–Crippen MR) is 51.1 cm³/mol. The van der Waals surface area contributed by atoms with Gasteiger partial charge in [0.2, 0.25) is 0 Å². The van der Waals surface area contributed by atoms with Gasteiger partial charge in [-0.1, -0.05) is 18.2 Å². The van der Waals surface area contributed by atoms with Gasteiger partial charge in [-0.3, -0.25) is 4.79 Å². The second-order valence-corrected chi connectivity index (χ2v) is 2.55. The molecule has 0 aromatic heterocycles. The molecule has 0 bridgehead atoms. The fourth-order valence-corrected chi connectivity index (χ4v) is 0.670. The summed E-state index contributed by atoms with van der Waals surface area (Å²) in [5.74, 6) is -0.317. The van der Waals surface area contributed by atoms with Gasteiger partial charge < -0.3 is 10.2 Å². The van der Waals surface area contributed by atoms with Crippen LogP contribution in [0.1, 0.15) is 6.42 Å². The summed E-state index contributed by atoms with van der Waals surface area (Å²) in [6.45, 7) is 0. The average molecular weight is 203 g/mol. The first kappa shape index (κ1) is 11.8. The number of phenolic OH excluding ortho intramolecular Hbond substituents is 1. The van der Waals surface area contributed by atoms with E-state index in [9.17, 15) is 4.79 Å². The number of aliphatic carboxylic acids is 1. The maximum Gasteiger partial charge on any atom is 0.304 e. The first-order valence-corrected chi connectivity index (χ1v) is 4.22. The van der Waals surface area contributed by atoms with Crippen molar-refractivity contribution in [3.63, 3.8) is 0 Å². The van der Waals surface area contributed by atoms with Crippen molar-refractivity contribution < 1.29 is 15.0 Å². The Bertz CT molecular complexity index is 236. The van der Waals surface area contributed by atoms with E-state index < -0.39 is 5.97 Å². The molecule has 1 aromatic rings. The van der Waals surface area contributed by atoms with Crippen LogP contribution in [0.15, 0.2) is 30.3 Å². The Morgan fingerprint density at radius 2 is 1.85 bits per heavy atom. The number of hydrogen-bond acceptors (Lipinski definition) is 2. The number of alkyl halides is 1. The minimum absolute atomic E-state index is 0.0571. The maximum absolute atomic E-state index is 9.51. The van der Waals surface area contributed by atoms with Crippen molar-refractivity contribution in [3.8, 4) is 5.75 Å². The summed E-state index contributed by atoms with van der Waals surface area (Å²) in [6, 6.07) is 8.71. The van der Waals surface area contributed by atoms with Crippen molar-refractivity contribution >= 4 is 17.6 Å². The highest BCUT2D eigenvalue weighted by atomic mass is 35.5. The van der Waals surface area contributed by atoms with Gasteiger partial charge in [0.15, 0.2) is 0 Å². The van der Waals surface area contributed by atoms with Crippen LogP contribution in [-0.4, -0.2) is 22.1 Å². The van der Waals surface area contributed by atoms with E-state index >= 15 is 0 Å². The first-order valence-electron chi connectivity index (χ1n) is 3.68. The molecule has 0 fully saturated rings. The van der Waals surface area contributed by atoms with Gasteiger partial charge in [0, 0.05) is 5.88 Å². The largest absolute Gasteiger partial charge is 0.508 e. The highest BCUT2D eigenvalue weighted by molar-refractivity contribution is 6.18. The SMILES string of the molecule is O=C(O)CCCl.Oc1ccccc1. The summed E-state index contributed by atoms with van der Waals surface area (Å²) in [5.41, 5.74) is 0. The third kappa shape index (κ3) is 8.69. The molecule has 72 valence electrons. The van der Waals surface area contributed by atoms with Gasteiger partial charge >= 0.3 is 5.97 Å². The summed E-state index contributed by atoms with van der Waals surface area (Å²) in [4.78, 5) is 9.51. The molecular formula is C9H11ClO3. The molecule has 0 atom stereocenters. The minimum Gasteiger partial charge on any atom is -0.508 e. The van der Waals surface area contributed by atoms with Crippen LogP contribution < -0.4 is 0 Å². The van der Waals surface area contributed by atoms with E-state index in [0.29, 0.717) is 5.75 Å². The predicted octanol–water partition coefficient (Wildman–Crippen LogP) is 2.09. The van der Waals surface area contributed by atoms with Gasteiger partial charge in [0.1, 0.15) is 5.75 Å². The maximum atomic E-state index is 9.51. The molecule has 3 nitrogen and oxygen atoms in total. The van der Waals surface area contributed by atoms with E-state index in [1.807, 2.05) is 6.07 Å². The van der Waals surface area contributed by atoms with Crippen molar-refractivity contribution in [1.29, 1.82) is 0 Å². The zero-order chi connectivity index (χ0) is 10.1. The highest BCUT2D eigenvalue weighted by Gasteiger charge is 1.89. The Labute approximate surface area is 81.6 Å². The summed E-state index contributed by atoms with van der Waals surface area (Å²) in [6.07, 6.45) is 0.0571. The van der Waals surface area contributed by atoms with Gasteiger partial charge in [-0.2, -0.15) is 0 Å². The van der Waals surface area contributed by atoms with Gasteiger partial charge in [-0.05, 0) is 12.1 Å². The van der Waals surface area contributed by atoms with Gasteiger partial charge in [-0.25, -0.2) is 0 Å². The zero-order valence-corrected chi connectivity index (χ0v) is 7.74. The number of aromatic hydroxyl groups is 1. The lowest BCUT2D eigenvalue weighted by Crippen LogP contribution is -1.93. The Kier molecular flexibility index (Phi) is 6.73. The number of carboxylic acid groups (broad SMARTS) is 1. The second-order valence-electron chi connectivity index (χ2n) is 2.17. The van der Waals surface area contributed by atoms with Crippen LogP contribution in [-0.2, 0) is 4.79 Å². The Morgan fingerprint density at radius 3 is 2.00 bits per heavy atom. The second kappa shape index (κ2) is 7.43. The molecule has 0 amide bonds. The number of phenols is 1. The fraction of sp³-hybridized carbons (Fsp3) is 0.222. The molecule has 0 saturated heterocycles. The van der Waals surface area contributed by atoms with Crippen molar-refractivity contribution in [1.82, 2.24) is 0 Å². The lowest BCUT2D eigenvalue weighted by Gasteiger charge is -1.82. The van der Waals surface area contributed by atoms with Gasteiger partial charge in [-0.15, -0.1) is 11.6 Å². The van der Waals surface area contributed by atoms with Crippen LogP contribution >= 0.6 is 11.6 Å². The standard InChI is InChI=1S/C6H6O.C3H5ClO2/c7-6-4-2-1-3-5-6;4-2-1-3(5)6/h1-5,7H;1-2H2,(H,5,6). The van der Waals surface area contributed by atoms with Crippen LogP contribution in [0.4, 0.5) is 0 Å². The number of carbonyl (C=O) groups is 1. The van der Waals surface area contributed by atoms with E-state index in [1.54, 1.807) is 24.3 Å². The lowest BCUT2D eigenvalue weighted by molar-refractivity contribution is -0.136. The number of hydrogen-bond donors (Lipinski definition) is 2. The molecule has 1 rings (SSSR count). The molecule has 0 saturated carbocycles. The van der Waals surface area contributed by atoms with Crippen molar-refractivity contribution in [2.75, 3.05) is 5.88 Å². The van der Waals surface area contributed by atoms with Crippen LogP contribution in [0.3, 0.4) is 0 Å². The van der Waals surface area contributed by atoms with Crippen molar-refractivity contribution in [3.05, 3.63) is 30.3 Å². The molecule has 0 aliphatic heterocycles. The van der Waals surface area contributed by atoms with Crippen LogP contribution in [0, 0.1) is 0 Å². The summed E-state index contributed by atoms with van der Waals surface area (Å²) in [7, 11) is 0. The molecule has 4 heteroatoms.